The Kier molecular flexibility index (Phi) is 5.95. The van der Waals surface area contributed by atoms with E-state index in [2.05, 4.69) is 10.3 Å². The molecule has 3 aromatic rings. The standard InChI is InChI=1S/C18H19N3O3S2/c1-24-17(23)13(8-9-25-2)19-16(22)15-11-26-18-20-14(10-21(15)18)12-6-4-3-5-7-12/h3-7,10-11,13H,8-9H2,1-2H3,(H,19,22). The lowest BCUT2D eigenvalue weighted by Gasteiger charge is -2.15. The largest absolute Gasteiger partial charge is 0.467 e. The summed E-state index contributed by atoms with van der Waals surface area (Å²) in [7, 11) is 1.32. The maximum atomic E-state index is 12.7. The van der Waals surface area contributed by atoms with Gasteiger partial charge in [0.1, 0.15) is 11.7 Å². The molecule has 0 aliphatic carbocycles. The molecule has 0 saturated carbocycles. The van der Waals surface area contributed by atoms with E-state index in [0.717, 1.165) is 22.0 Å². The number of benzene rings is 1. The Balaban J connectivity index is 1.83. The summed E-state index contributed by atoms with van der Waals surface area (Å²) in [6.07, 6.45) is 4.31. The zero-order valence-electron chi connectivity index (χ0n) is 14.5. The highest BCUT2D eigenvalue weighted by atomic mass is 32.2. The molecule has 1 atom stereocenters. The fourth-order valence-corrected chi connectivity index (χ4v) is 3.88. The first-order chi connectivity index (χ1) is 12.6. The number of nitrogens with one attached hydrogen (secondary N) is 1. The summed E-state index contributed by atoms with van der Waals surface area (Å²) in [6.45, 7) is 0. The molecule has 2 aromatic heterocycles. The van der Waals surface area contributed by atoms with Gasteiger partial charge in [-0.05, 0) is 18.4 Å². The van der Waals surface area contributed by atoms with Crippen LogP contribution in [0.1, 0.15) is 16.9 Å². The molecule has 2 heterocycles. The number of nitrogens with zero attached hydrogens (tertiary/aromatic N) is 2. The quantitative estimate of drug-likeness (QED) is 0.629. The second kappa shape index (κ2) is 8.37. The van der Waals surface area contributed by atoms with Crippen molar-refractivity contribution in [1.82, 2.24) is 14.7 Å². The third kappa shape index (κ3) is 3.91. The lowest BCUT2D eigenvalue weighted by molar-refractivity contribution is -0.142. The van der Waals surface area contributed by atoms with Gasteiger partial charge in [0.25, 0.3) is 5.91 Å². The van der Waals surface area contributed by atoms with Crippen LogP contribution >= 0.6 is 23.1 Å². The number of thioether (sulfide) groups is 1. The molecule has 0 bridgehead atoms. The molecular formula is C18H19N3O3S2. The Morgan fingerprint density at radius 1 is 1.35 bits per heavy atom. The van der Waals surface area contributed by atoms with Gasteiger partial charge in [-0.1, -0.05) is 30.3 Å². The van der Waals surface area contributed by atoms with E-state index in [1.54, 1.807) is 21.5 Å². The number of methoxy groups -OCH3 is 1. The average Bonchev–Trinajstić information content (AvgIpc) is 3.25. The number of carbonyl (C=O) groups is 2. The van der Waals surface area contributed by atoms with Gasteiger partial charge >= 0.3 is 5.97 Å². The van der Waals surface area contributed by atoms with Crippen LogP contribution in [0.15, 0.2) is 41.9 Å². The van der Waals surface area contributed by atoms with Crippen molar-refractivity contribution in [3.8, 4) is 11.3 Å². The van der Waals surface area contributed by atoms with Crippen LogP contribution in [0.2, 0.25) is 0 Å². The van der Waals surface area contributed by atoms with Gasteiger partial charge in [-0.25, -0.2) is 9.78 Å². The summed E-state index contributed by atoms with van der Waals surface area (Å²) in [6, 6.07) is 9.13. The fourth-order valence-electron chi connectivity index (χ4n) is 2.55. The van der Waals surface area contributed by atoms with Crippen molar-refractivity contribution >= 4 is 39.9 Å². The Labute approximate surface area is 159 Å². The van der Waals surface area contributed by atoms with E-state index < -0.39 is 12.0 Å². The van der Waals surface area contributed by atoms with Crippen molar-refractivity contribution < 1.29 is 14.3 Å². The Morgan fingerprint density at radius 3 is 2.81 bits per heavy atom. The summed E-state index contributed by atoms with van der Waals surface area (Å²) in [4.78, 5) is 29.9. The highest BCUT2D eigenvalue weighted by molar-refractivity contribution is 7.98. The SMILES string of the molecule is COC(=O)C(CCSC)NC(=O)c1csc2nc(-c3ccccc3)cn12. The highest BCUT2D eigenvalue weighted by Gasteiger charge is 2.23. The molecule has 0 radical (unpaired) electrons. The molecule has 6 nitrogen and oxygen atoms in total. The molecule has 3 rings (SSSR count). The molecule has 0 fully saturated rings. The Hall–Kier alpha value is -2.32. The van der Waals surface area contributed by atoms with E-state index >= 15 is 0 Å². The van der Waals surface area contributed by atoms with Crippen molar-refractivity contribution in [2.24, 2.45) is 0 Å². The summed E-state index contributed by atoms with van der Waals surface area (Å²) in [5.74, 6) is 0.00161. The molecule has 0 spiro atoms. The molecule has 0 aliphatic heterocycles. The van der Waals surface area contributed by atoms with Crippen molar-refractivity contribution in [1.29, 1.82) is 0 Å². The summed E-state index contributed by atoms with van der Waals surface area (Å²) in [5.41, 5.74) is 2.25. The van der Waals surface area contributed by atoms with E-state index in [-0.39, 0.29) is 5.91 Å². The molecule has 8 heteroatoms. The normalized spacial score (nSPS) is 12.1. The summed E-state index contributed by atoms with van der Waals surface area (Å²) < 4.78 is 6.55. The predicted molar refractivity (Wildman–Crippen MR) is 105 cm³/mol. The number of fused-ring (bicyclic) bond motifs is 1. The van der Waals surface area contributed by atoms with Gasteiger partial charge in [-0.15, -0.1) is 11.3 Å². The molecule has 0 aliphatic rings. The van der Waals surface area contributed by atoms with E-state index in [1.165, 1.54) is 18.4 Å². The van der Waals surface area contributed by atoms with Crippen LogP contribution in [0, 0.1) is 0 Å². The molecule has 1 unspecified atom stereocenters. The van der Waals surface area contributed by atoms with Crippen LogP contribution < -0.4 is 5.32 Å². The molecule has 26 heavy (non-hydrogen) atoms. The van der Waals surface area contributed by atoms with Gasteiger partial charge in [-0.2, -0.15) is 11.8 Å². The number of thiazole rings is 1. The number of esters is 1. The van der Waals surface area contributed by atoms with Crippen LogP contribution in [0.3, 0.4) is 0 Å². The molecule has 136 valence electrons. The third-order valence-electron chi connectivity index (χ3n) is 3.91. The van der Waals surface area contributed by atoms with Crippen LogP contribution in [0.4, 0.5) is 0 Å². The second-order valence-corrected chi connectivity index (χ2v) is 7.42. The third-order valence-corrected chi connectivity index (χ3v) is 5.40. The van der Waals surface area contributed by atoms with Gasteiger partial charge in [0.15, 0.2) is 4.96 Å². The van der Waals surface area contributed by atoms with Crippen LogP contribution in [0.5, 0.6) is 0 Å². The van der Waals surface area contributed by atoms with Crippen molar-refractivity contribution in [2.75, 3.05) is 19.1 Å². The predicted octanol–water partition coefficient (Wildman–Crippen LogP) is 3.09. The minimum absolute atomic E-state index is 0.315. The van der Waals surface area contributed by atoms with Crippen molar-refractivity contribution in [3.63, 3.8) is 0 Å². The molecule has 1 aromatic carbocycles. The van der Waals surface area contributed by atoms with E-state index in [4.69, 9.17) is 4.74 Å². The zero-order chi connectivity index (χ0) is 18.5. The van der Waals surface area contributed by atoms with Crippen LogP contribution in [0.25, 0.3) is 16.2 Å². The Bertz CT molecular complexity index is 905. The fraction of sp³-hybridized carbons (Fsp3) is 0.278. The maximum absolute atomic E-state index is 12.7. The summed E-state index contributed by atoms with van der Waals surface area (Å²) in [5, 5.41) is 4.52. The van der Waals surface area contributed by atoms with Gasteiger partial charge in [-0.3, -0.25) is 9.20 Å². The van der Waals surface area contributed by atoms with Gasteiger partial charge in [0.2, 0.25) is 0 Å². The Morgan fingerprint density at radius 2 is 2.12 bits per heavy atom. The first kappa shape index (κ1) is 18.5. The van der Waals surface area contributed by atoms with E-state index in [0.29, 0.717) is 12.1 Å². The van der Waals surface area contributed by atoms with Crippen LogP contribution in [-0.4, -0.2) is 46.4 Å². The molecule has 0 saturated heterocycles. The summed E-state index contributed by atoms with van der Waals surface area (Å²) >= 11 is 3.00. The van der Waals surface area contributed by atoms with E-state index in [9.17, 15) is 9.59 Å². The first-order valence-electron chi connectivity index (χ1n) is 8.03. The first-order valence-corrected chi connectivity index (χ1v) is 10.3. The average molecular weight is 390 g/mol. The smallest absolute Gasteiger partial charge is 0.328 e. The number of hydrogen-bond donors (Lipinski definition) is 1. The van der Waals surface area contributed by atoms with Crippen molar-refractivity contribution in [3.05, 3.63) is 47.6 Å². The topological polar surface area (TPSA) is 72.7 Å². The highest BCUT2D eigenvalue weighted by Crippen LogP contribution is 2.23. The number of imidazole rings is 1. The number of hydrogen-bond acceptors (Lipinski definition) is 6. The minimum Gasteiger partial charge on any atom is -0.467 e. The minimum atomic E-state index is -0.660. The van der Waals surface area contributed by atoms with Gasteiger partial charge < -0.3 is 10.1 Å². The van der Waals surface area contributed by atoms with Gasteiger partial charge in [0, 0.05) is 17.1 Å². The molecular weight excluding hydrogens is 370 g/mol. The van der Waals surface area contributed by atoms with Crippen LogP contribution in [-0.2, 0) is 9.53 Å². The van der Waals surface area contributed by atoms with Gasteiger partial charge in [0.05, 0.1) is 12.8 Å². The number of amides is 1. The lowest BCUT2D eigenvalue weighted by Crippen LogP contribution is -2.42. The lowest BCUT2D eigenvalue weighted by atomic mass is 10.2. The number of rotatable bonds is 7. The zero-order valence-corrected chi connectivity index (χ0v) is 16.1. The van der Waals surface area contributed by atoms with E-state index in [1.807, 2.05) is 42.8 Å². The maximum Gasteiger partial charge on any atom is 0.328 e. The molecule has 1 amide bonds. The second-order valence-electron chi connectivity index (χ2n) is 5.60. The number of ether oxygens (including phenoxy) is 1. The number of aromatic nitrogens is 2. The molecule has 1 N–H and O–H groups in total. The van der Waals surface area contributed by atoms with Crippen molar-refractivity contribution in [2.45, 2.75) is 12.5 Å². The monoisotopic (exact) mass is 389 g/mol. The number of carbonyl (C=O) groups excluding carboxylic acids is 2.